The van der Waals surface area contributed by atoms with Gasteiger partial charge in [-0.05, 0) is 63.2 Å². The van der Waals surface area contributed by atoms with Crippen LogP contribution in [0.15, 0.2) is 10.2 Å². The smallest absolute Gasteiger partial charge is 0.364 e. The van der Waals surface area contributed by atoms with E-state index in [0.29, 0.717) is 0 Å². The number of hydrazone groups is 2. The fraction of sp³-hybridized carbons (Fsp3) is 0.765. The highest BCUT2D eigenvalue weighted by atomic mass is 16.5. The summed E-state index contributed by atoms with van der Waals surface area (Å²) in [6.07, 6.45) is 8.91. The molecule has 1 atom stereocenters. The topological polar surface area (TPSA) is 86.6 Å². The lowest BCUT2D eigenvalue weighted by molar-refractivity contribution is -0.141. The van der Waals surface area contributed by atoms with Gasteiger partial charge >= 0.3 is 11.9 Å². The molecule has 4 aliphatic carbocycles. The van der Waals surface area contributed by atoms with Crippen molar-refractivity contribution in [3.05, 3.63) is 0 Å². The van der Waals surface area contributed by atoms with Crippen LogP contribution in [0.4, 0.5) is 0 Å². The highest BCUT2D eigenvalue weighted by molar-refractivity contribution is 6.64. The summed E-state index contributed by atoms with van der Waals surface area (Å²) in [5.74, 6) is 1.19. The van der Waals surface area contributed by atoms with E-state index in [1.807, 2.05) is 0 Å². The Hall–Kier alpha value is -2.12. The molecule has 2 aliphatic heterocycles. The second kappa shape index (κ2) is 5.19. The number of ether oxygens (including phenoxy) is 1. The number of carbonyl (C=O) groups excluding carboxylic acids is 2. The van der Waals surface area contributed by atoms with Crippen molar-refractivity contribution in [1.82, 2.24) is 15.3 Å². The molecule has 0 aromatic rings. The van der Waals surface area contributed by atoms with Gasteiger partial charge in [-0.25, -0.2) is 4.79 Å². The number of hydrogen-bond donors (Lipinski definition) is 1. The van der Waals surface area contributed by atoms with Crippen LogP contribution in [0.3, 0.4) is 0 Å². The SMILES string of the molecule is CCOC(=O)C1=NNC2N(N=CN2C23CC4CC(CC(C4)C2)C3)C1=O. The van der Waals surface area contributed by atoms with Gasteiger partial charge in [-0.1, -0.05) is 0 Å². The first-order valence-electron chi connectivity index (χ1n) is 9.26. The molecule has 4 bridgehead atoms. The van der Waals surface area contributed by atoms with E-state index >= 15 is 0 Å². The van der Waals surface area contributed by atoms with E-state index in [2.05, 4.69) is 20.5 Å². The molecule has 0 saturated heterocycles. The normalized spacial score (nSPS) is 40.8. The van der Waals surface area contributed by atoms with Gasteiger partial charge in [0.1, 0.15) is 6.34 Å². The zero-order valence-electron chi connectivity index (χ0n) is 14.4. The maximum absolute atomic E-state index is 12.6. The molecule has 25 heavy (non-hydrogen) atoms. The van der Waals surface area contributed by atoms with E-state index in [1.54, 1.807) is 13.3 Å². The number of amides is 1. The first-order chi connectivity index (χ1) is 12.1. The predicted octanol–water partition coefficient (Wildman–Crippen LogP) is 0.849. The Morgan fingerprint density at radius 1 is 1.28 bits per heavy atom. The Labute approximate surface area is 146 Å². The molecule has 8 heteroatoms. The summed E-state index contributed by atoms with van der Waals surface area (Å²) >= 11 is 0. The zero-order chi connectivity index (χ0) is 17.2. The first-order valence-corrected chi connectivity index (χ1v) is 9.26. The van der Waals surface area contributed by atoms with Gasteiger partial charge in [0.05, 0.1) is 6.61 Å². The van der Waals surface area contributed by atoms with E-state index in [0.717, 1.165) is 17.8 Å². The average molecular weight is 345 g/mol. The van der Waals surface area contributed by atoms with Gasteiger partial charge in [0.25, 0.3) is 0 Å². The Kier molecular flexibility index (Phi) is 3.15. The number of fused-ring (bicyclic) bond motifs is 1. The summed E-state index contributed by atoms with van der Waals surface area (Å²) in [5, 5.41) is 9.66. The molecule has 0 aromatic heterocycles. The first kappa shape index (κ1) is 15.2. The van der Waals surface area contributed by atoms with Gasteiger partial charge in [0, 0.05) is 5.54 Å². The van der Waals surface area contributed by atoms with Crippen LogP contribution < -0.4 is 5.43 Å². The minimum atomic E-state index is -0.707. The summed E-state index contributed by atoms with van der Waals surface area (Å²) in [4.78, 5) is 26.7. The second-order valence-corrected chi connectivity index (χ2v) is 8.11. The predicted molar refractivity (Wildman–Crippen MR) is 89.1 cm³/mol. The fourth-order valence-electron chi connectivity index (χ4n) is 6.01. The molecule has 1 N–H and O–H groups in total. The number of hydrogen-bond acceptors (Lipinski definition) is 7. The third-order valence-corrected chi connectivity index (χ3v) is 6.52. The second-order valence-electron chi connectivity index (χ2n) is 8.11. The van der Waals surface area contributed by atoms with Crippen molar-refractivity contribution < 1.29 is 14.3 Å². The van der Waals surface area contributed by atoms with Gasteiger partial charge in [0.2, 0.25) is 12.0 Å². The molecule has 1 unspecified atom stereocenters. The Balaban J connectivity index is 1.41. The third-order valence-electron chi connectivity index (χ3n) is 6.52. The lowest BCUT2D eigenvalue weighted by Crippen LogP contribution is -2.67. The molecule has 134 valence electrons. The fourth-order valence-corrected chi connectivity index (χ4v) is 6.01. The van der Waals surface area contributed by atoms with E-state index in [9.17, 15) is 9.59 Å². The van der Waals surface area contributed by atoms with Crippen LogP contribution in [-0.4, -0.2) is 52.3 Å². The molecule has 1 amide bonds. The third kappa shape index (κ3) is 2.12. The molecule has 0 aromatic carbocycles. The number of carbonyl (C=O) groups is 2. The van der Waals surface area contributed by atoms with Crippen molar-refractivity contribution in [1.29, 1.82) is 0 Å². The van der Waals surface area contributed by atoms with E-state index in [-0.39, 0.29) is 17.9 Å². The van der Waals surface area contributed by atoms with Crippen molar-refractivity contribution in [3.63, 3.8) is 0 Å². The monoisotopic (exact) mass is 345 g/mol. The number of rotatable bonds is 3. The van der Waals surface area contributed by atoms with Crippen LogP contribution in [0.1, 0.15) is 45.4 Å². The molecule has 0 radical (unpaired) electrons. The number of nitrogens with zero attached hydrogens (tertiary/aromatic N) is 4. The molecule has 8 nitrogen and oxygen atoms in total. The van der Waals surface area contributed by atoms with Crippen LogP contribution in [0.2, 0.25) is 0 Å². The Morgan fingerprint density at radius 3 is 2.52 bits per heavy atom. The summed E-state index contributed by atoms with van der Waals surface area (Å²) in [7, 11) is 0. The van der Waals surface area contributed by atoms with Crippen molar-refractivity contribution in [2.45, 2.75) is 57.3 Å². The zero-order valence-corrected chi connectivity index (χ0v) is 14.4. The number of esters is 1. The lowest BCUT2D eigenvalue weighted by Gasteiger charge is -2.60. The van der Waals surface area contributed by atoms with Crippen LogP contribution in [-0.2, 0) is 14.3 Å². The largest absolute Gasteiger partial charge is 0.461 e. The van der Waals surface area contributed by atoms with Crippen molar-refractivity contribution in [2.24, 2.45) is 28.0 Å². The number of nitrogens with one attached hydrogen (secondary N) is 1. The molecule has 2 heterocycles. The van der Waals surface area contributed by atoms with Gasteiger partial charge in [-0.15, -0.1) is 0 Å². The lowest BCUT2D eigenvalue weighted by atomic mass is 9.52. The minimum Gasteiger partial charge on any atom is -0.461 e. The molecule has 6 rings (SSSR count). The molecule has 6 aliphatic rings. The summed E-state index contributed by atoms with van der Waals surface area (Å²) < 4.78 is 4.90. The molecule has 4 saturated carbocycles. The van der Waals surface area contributed by atoms with Crippen LogP contribution in [0.5, 0.6) is 0 Å². The molecular weight excluding hydrogens is 322 g/mol. The van der Waals surface area contributed by atoms with Crippen molar-refractivity contribution in [3.8, 4) is 0 Å². The summed E-state index contributed by atoms with van der Waals surface area (Å²) in [6.45, 7) is 1.90. The van der Waals surface area contributed by atoms with Crippen LogP contribution >= 0.6 is 0 Å². The Bertz CT molecular complexity index is 652. The van der Waals surface area contributed by atoms with Crippen LogP contribution in [0.25, 0.3) is 0 Å². The van der Waals surface area contributed by atoms with Gasteiger partial charge in [-0.2, -0.15) is 15.2 Å². The standard InChI is InChI=1S/C17H23N5O3/c1-2-25-15(24)13-14(23)22-16(20-19-13)21(9-18-22)17-6-10-3-11(7-17)5-12(4-10)8-17/h9-12,16,20H,2-8H2,1H3. The highest BCUT2D eigenvalue weighted by Crippen LogP contribution is 2.58. The molecular formula is C17H23N5O3. The van der Waals surface area contributed by atoms with Gasteiger partial charge in [0.15, 0.2) is 0 Å². The summed E-state index contributed by atoms with van der Waals surface area (Å²) in [6, 6.07) is 0. The van der Waals surface area contributed by atoms with Crippen molar-refractivity contribution >= 4 is 23.9 Å². The van der Waals surface area contributed by atoms with Crippen molar-refractivity contribution in [2.75, 3.05) is 6.61 Å². The van der Waals surface area contributed by atoms with Crippen LogP contribution in [0, 0.1) is 17.8 Å². The molecule has 4 fully saturated rings. The maximum atomic E-state index is 12.6. The Morgan fingerprint density at radius 2 is 1.92 bits per heavy atom. The minimum absolute atomic E-state index is 0.0713. The average Bonchev–Trinajstić information content (AvgIpc) is 3.00. The quantitative estimate of drug-likeness (QED) is 0.766. The van der Waals surface area contributed by atoms with E-state index < -0.39 is 18.2 Å². The van der Waals surface area contributed by atoms with Gasteiger partial charge < -0.3 is 9.64 Å². The molecule has 0 spiro atoms. The summed E-state index contributed by atoms with van der Waals surface area (Å²) in [5.41, 5.74) is 2.81. The maximum Gasteiger partial charge on any atom is 0.364 e. The highest BCUT2D eigenvalue weighted by Gasteiger charge is 2.57. The van der Waals surface area contributed by atoms with E-state index in [1.165, 1.54) is 43.5 Å². The van der Waals surface area contributed by atoms with E-state index in [4.69, 9.17) is 4.74 Å². The van der Waals surface area contributed by atoms with Gasteiger partial charge in [-0.3, -0.25) is 10.2 Å².